The van der Waals surface area contributed by atoms with Crippen LogP contribution in [0.1, 0.15) is 20.3 Å². The third kappa shape index (κ3) is 3.79. The first-order valence-corrected chi connectivity index (χ1v) is 9.06. The molecule has 3 saturated heterocycles. The number of piperidine rings is 1. The lowest BCUT2D eigenvalue weighted by atomic mass is 9.79. The number of imide groups is 1. The minimum Gasteiger partial charge on any atom is -0.379 e. The highest BCUT2D eigenvalue weighted by Gasteiger charge is 2.48. The van der Waals surface area contributed by atoms with Gasteiger partial charge in [0.15, 0.2) is 0 Å². The van der Waals surface area contributed by atoms with Crippen LogP contribution in [0.15, 0.2) is 0 Å². The van der Waals surface area contributed by atoms with Gasteiger partial charge in [-0.2, -0.15) is 0 Å². The standard InChI is InChI=1S/C17H29N3O4/c1-12(2)11-13-14(19-3-7-23-8-4-19)16(21)18-17(22)15(13)20-5-9-24-10-6-20/h12-15H,3-11H2,1-2H3,(H,18,21,22)/t13?,14-,15+. The van der Waals surface area contributed by atoms with Crippen molar-refractivity contribution in [2.75, 3.05) is 52.6 Å². The summed E-state index contributed by atoms with van der Waals surface area (Å²) >= 11 is 0. The van der Waals surface area contributed by atoms with Crippen molar-refractivity contribution in [2.45, 2.75) is 32.4 Å². The molecule has 0 aliphatic carbocycles. The lowest BCUT2D eigenvalue weighted by molar-refractivity contribution is -0.151. The summed E-state index contributed by atoms with van der Waals surface area (Å²) in [6.45, 7) is 9.89. The van der Waals surface area contributed by atoms with Crippen LogP contribution in [0.25, 0.3) is 0 Å². The molecule has 3 atom stereocenters. The summed E-state index contributed by atoms with van der Waals surface area (Å²) in [7, 11) is 0. The van der Waals surface area contributed by atoms with E-state index in [9.17, 15) is 9.59 Å². The first-order chi connectivity index (χ1) is 11.6. The van der Waals surface area contributed by atoms with Crippen molar-refractivity contribution in [1.82, 2.24) is 15.1 Å². The van der Waals surface area contributed by atoms with E-state index >= 15 is 0 Å². The van der Waals surface area contributed by atoms with E-state index in [-0.39, 0.29) is 29.8 Å². The predicted molar refractivity (Wildman–Crippen MR) is 88.5 cm³/mol. The van der Waals surface area contributed by atoms with E-state index in [1.165, 1.54) is 0 Å². The number of carbonyl (C=O) groups excluding carboxylic acids is 2. The van der Waals surface area contributed by atoms with Gasteiger partial charge in [0.25, 0.3) is 0 Å². The smallest absolute Gasteiger partial charge is 0.244 e. The third-order valence-electron chi connectivity index (χ3n) is 5.22. The monoisotopic (exact) mass is 339 g/mol. The molecule has 0 aromatic carbocycles. The fourth-order valence-electron chi connectivity index (χ4n) is 4.22. The maximum Gasteiger partial charge on any atom is 0.244 e. The molecule has 3 aliphatic rings. The zero-order valence-corrected chi connectivity index (χ0v) is 14.7. The Morgan fingerprint density at radius 1 is 0.917 bits per heavy atom. The van der Waals surface area contributed by atoms with E-state index in [1.807, 2.05) is 0 Å². The quantitative estimate of drug-likeness (QED) is 0.710. The number of nitrogens with one attached hydrogen (secondary N) is 1. The SMILES string of the molecule is CC(C)CC1[C@H](N2CCOCC2)C(=O)NC(=O)[C@@H]1N1CCOCC1. The van der Waals surface area contributed by atoms with Crippen LogP contribution in [0.5, 0.6) is 0 Å². The molecular formula is C17H29N3O4. The molecule has 1 N–H and O–H groups in total. The van der Waals surface area contributed by atoms with Gasteiger partial charge in [0.2, 0.25) is 11.8 Å². The second kappa shape index (κ2) is 7.91. The van der Waals surface area contributed by atoms with Gasteiger partial charge in [0.1, 0.15) is 0 Å². The van der Waals surface area contributed by atoms with Crippen LogP contribution in [0.2, 0.25) is 0 Å². The van der Waals surface area contributed by atoms with E-state index in [0.717, 1.165) is 32.6 Å². The fraction of sp³-hybridized carbons (Fsp3) is 0.882. The van der Waals surface area contributed by atoms with Gasteiger partial charge in [-0.1, -0.05) is 13.8 Å². The number of amides is 2. The Hall–Kier alpha value is -1.02. The van der Waals surface area contributed by atoms with Crippen molar-refractivity contribution < 1.29 is 19.1 Å². The van der Waals surface area contributed by atoms with Crippen LogP contribution < -0.4 is 5.32 Å². The summed E-state index contributed by atoms with van der Waals surface area (Å²) < 4.78 is 10.9. The Labute approximate surface area is 143 Å². The molecule has 7 heteroatoms. The third-order valence-corrected chi connectivity index (χ3v) is 5.22. The molecule has 136 valence electrons. The van der Waals surface area contributed by atoms with Crippen molar-refractivity contribution in [3.63, 3.8) is 0 Å². The number of carbonyl (C=O) groups is 2. The molecule has 0 bridgehead atoms. The van der Waals surface area contributed by atoms with Gasteiger partial charge in [-0.3, -0.25) is 24.7 Å². The molecule has 3 rings (SSSR count). The lowest BCUT2D eigenvalue weighted by Crippen LogP contribution is -2.68. The second-order valence-corrected chi connectivity index (χ2v) is 7.33. The number of hydrogen-bond donors (Lipinski definition) is 1. The summed E-state index contributed by atoms with van der Waals surface area (Å²) in [6, 6.07) is -0.497. The van der Waals surface area contributed by atoms with Gasteiger partial charge in [-0.05, 0) is 12.3 Å². The Balaban J connectivity index is 1.86. The van der Waals surface area contributed by atoms with E-state index in [4.69, 9.17) is 9.47 Å². The number of ether oxygens (including phenoxy) is 2. The molecule has 3 fully saturated rings. The van der Waals surface area contributed by atoms with Gasteiger partial charge in [-0.15, -0.1) is 0 Å². The van der Waals surface area contributed by atoms with E-state index in [2.05, 4.69) is 29.0 Å². The summed E-state index contributed by atoms with van der Waals surface area (Å²) in [5, 5.41) is 2.63. The van der Waals surface area contributed by atoms with Crippen molar-refractivity contribution in [2.24, 2.45) is 11.8 Å². The Bertz CT molecular complexity index is 423. The average Bonchev–Trinajstić information content (AvgIpc) is 2.56. The number of nitrogens with zero attached hydrogens (tertiary/aromatic N) is 2. The van der Waals surface area contributed by atoms with Gasteiger partial charge < -0.3 is 9.47 Å². The van der Waals surface area contributed by atoms with E-state index in [0.29, 0.717) is 32.3 Å². The van der Waals surface area contributed by atoms with Crippen LogP contribution in [0, 0.1) is 11.8 Å². The molecular weight excluding hydrogens is 310 g/mol. The van der Waals surface area contributed by atoms with E-state index in [1.54, 1.807) is 0 Å². The van der Waals surface area contributed by atoms with Gasteiger partial charge in [0.05, 0.1) is 38.5 Å². The van der Waals surface area contributed by atoms with Crippen molar-refractivity contribution in [3.05, 3.63) is 0 Å². The maximum absolute atomic E-state index is 12.7. The van der Waals surface area contributed by atoms with Crippen molar-refractivity contribution in [3.8, 4) is 0 Å². The Morgan fingerprint density at radius 3 is 1.71 bits per heavy atom. The molecule has 0 spiro atoms. The first-order valence-electron chi connectivity index (χ1n) is 9.06. The average molecular weight is 339 g/mol. The summed E-state index contributed by atoms with van der Waals surface area (Å²) in [4.78, 5) is 29.7. The fourth-order valence-corrected chi connectivity index (χ4v) is 4.22. The highest BCUT2D eigenvalue weighted by atomic mass is 16.5. The second-order valence-electron chi connectivity index (χ2n) is 7.33. The first kappa shape index (κ1) is 17.8. The van der Waals surface area contributed by atoms with Crippen LogP contribution in [-0.4, -0.2) is 86.3 Å². The minimum atomic E-state index is -0.248. The Kier molecular flexibility index (Phi) is 5.86. The normalized spacial score (nSPS) is 33.7. The van der Waals surface area contributed by atoms with Crippen LogP contribution in [0.3, 0.4) is 0 Å². The Morgan fingerprint density at radius 2 is 1.33 bits per heavy atom. The molecule has 3 aliphatic heterocycles. The van der Waals surface area contributed by atoms with E-state index < -0.39 is 0 Å². The highest BCUT2D eigenvalue weighted by Crippen LogP contribution is 2.30. The molecule has 0 saturated carbocycles. The number of hydrogen-bond acceptors (Lipinski definition) is 6. The summed E-state index contributed by atoms with van der Waals surface area (Å²) in [5.41, 5.74) is 0. The minimum absolute atomic E-state index is 0.0162. The molecule has 2 amide bonds. The zero-order chi connectivity index (χ0) is 17.1. The van der Waals surface area contributed by atoms with Gasteiger partial charge in [0, 0.05) is 32.1 Å². The molecule has 1 unspecified atom stereocenters. The number of morpholine rings is 2. The van der Waals surface area contributed by atoms with Crippen molar-refractivity contribution >= 4 is 11.8 Å². The molecule has 0 radical (unpaired) electrons. The number of rotatable bonds is 4. The molecule has 3 heterocycles. The largest absolute Gasteiger partial charge is 0.379 e. The zero-order valence-electron chi connectivity index (χ0n) is 14.7. The van der Waals surface area contributed by atoms with Crippen LogP contribution in [0.4, 0.5) is 0 Å². The van der Waals surface area contributed by atoms with Crippen molar-refractivity contribution in [1.29, 1.82) is 0 Å². The highest BCUT2D eigenvalue weighted by molar-refractivity contribution is 6.03. The van der Waals surface area contributed by atoms with Crippen LogP contribution in [-0.2, 0) is 19.1 Å². The topological polar surface area (TPSA) is 71.1 Å². The molecule has 0 aromatic heterocycles. The van der Waals surface area contributed by atoms with Gasteiger partial charge in [-0.25, -0.2) is 0 Å². The lowest BCUT2D eigenvalue weighted by Gasteiger charge is -2.47. The summed E-state index contributed by atoms with van der Waals surface area (Å²) in [5.74, 6) is 0.164. The summed E-state index contributed by atoms with van der Waals surface area (Å²) in [6.07, 6.45) is 0.864. The molecule has 0 aromatic rings. The van der Waals surface area contributed by atoms with Crippen LogP contribution >= 0.6 is 0 Å². The maximum atomic E-state index is 12.7. The molecule has 7 nitrogen and oxygen atoms in total. The predicted octanol–water partition coefficient (Wildman–Crippen LogP) is -0.293. The van der Waals surface area contributed by atoms with Gasteiger partial charge >= 0.3 is 0 Å². The molecule has 24 heavy (non-hydrogen) atoms.